The summed E-state index contributed by atoms with van der Waals surface area (Å²) < 4.78 is 13.6. The fourth-order valence-electron chi connectivity index (χ4n) is 2.65. The van der Waals surface area contributed by atoms with Crippen molar-refractivity contribution < 1.29 is 9.47 Å². The molecule has 5 nitrogen and oxygen atoms in total. The molecule has 0 radical (unpaired) electrons. The third-order valence-electron chi connectivity index (χ3n) is 3.93. The number of thiazole rings is 1. The quantitative estimate of drug-likeness (QED) is 0.579. The van der Waals surface area contributed by atoms with Gasteiger partial charge in [0.2, 0.25) is 0 Å². The van der Waals surface area contributed by atoms with Gasteiger partial charge in [-0.1, -0.05) is 11.6 Å². The number of rotatable bonds is 8. The van der Waals surface area contributed by atoms with Crippen molar-refractivity contribution in [3.8, 4) is 11.5 Å². The van der Waals surface area contributed by atoms with Crippen molar-refractivity contribution in [1.82, 2.24) is 14.7 Å². The summed E-state index contributed by atoms with van der Waals surface area (Å²) in [4.78, 5) is 5.64. The van der Waals surface area contributed by atoms with E-state index in [1.807, 2.05) is 48.9 Å². The van der Waals surface area contributed by atoms with Crippen molar-refractivity contribution in [2.75, 3.05) is 6.61 Å². The van der Waals surface area contributed by atoms with Gasteiger partial charge in [0.25, 0.3) is 0 Å². The minimum absolute atomic E-state index is 0.0593. The lowest BCUT2D eigenvalue weighted by Crippen LogP contribution is -2.19. The summed E-state index contributed by atoms with van der Waals surface area (Å²) in [5.41, 5.74) is 1.98. The van der Waals surface area contributed by atoms with Crippen LogP contribution in [0.15, 0.2) is 29.9 Å². The summed E-state index contributed by atoms with van der Waals surface area (Å²) in [5.74, 6) is 1.40. The molecule has 1 atom stereocenters. The first-order chi connectivity index (χ1) is 12.5. The predicted octanol–water partition coefficient (Wildman–Crippen LogP) is 5.09. The van der Waals surface area contributed by atoms with Gasteiger partial charge in [-0.3, -0.25) is 4.40 Å². The van der Waals surface area contributed by atoms with Crippen molar-refractivity contribution in [2.45, 2.75) is 46.4 Å². The molecule has 2 heterocycles. The topological polar surface area (TPSA) is 47.8 Å². The second kappa shape index (κ2) is 8.29. The molecule has 0 aliphatic carbocycles. The van der Waals surface area contributed by atoms with Crippen LogP contribution in [-0.4, -0.2) is 22.1 Å². The minimum atomic E-state index is 0.0593. The summed E-state index contributed by atoms with van der Waals surface area (Å²) in [6, 6.07) is 3.90. The van der Waals surface area contributed by atoms with E-state index in [1.54, 1.807) is 11.3 Å². The van der Waals surface area contributed by atoms with E-state index < -0.39 is 0 Å². The Morgan fingerprint density at radius 1 is 1.27 bits per heavy atom. The zero-order chi connectivity index (χ0) is 18.7. The molecule has 1 aromatic carbocycles. The highest BCUT2D eigenvalue weighted by atomic mass is 35.5. The van der Waals surface area contributed by atoms with E-state index in [0.717, 1.165) is 22.0 Å². The molecule has 7 heteroatoms. The molecule has 0 amide bonds. The van der Waals surface area contributed by atoms with Crippen LogP contribution >= 0.6 is 22.9 Å². The molecule has 0 saturated heterocycles. The molecule has 26 heavy (non-hydrogen) atoms. The number of hydrogen-bond acceptors (Lipinski definition) is 5. The number of fused-ring (bicyclic) bond motifs is 1. The monoisotopic (exact) mass is 393 g/mol. The smallest absolute Gasteiger partial charge is 0.193 e. The normalized spacial score (nSPS) is 12.7. The van der Waals surface area contributed by atoms with Crippen LogP contribution < -0.4 is 14.8 Å². The Kier molecular flexibility index (Phi) is 6.06. The highest BCUT2D eigenvalue weighted by Gasteiger charge is 2.15. The van der Waals surface area contributed by atoms with Crippen LogP contribution in [0.4, 0.5) is 0 Å². The Labute approximate surface area is 162 Å². The summed E-state index contributed by atoms with van der Waals surface area (Å²) in [5, 5.41) is 6.17. The van der Waals surface area contributed by atoms with E-state index in [0.29, 0.717) is 23.9 Å². The molecule has 1 unspecified atom stereocenters. The van der Waals surface area contributed by atoms with Crippen LogP contribution in [0.25, 0.3) is 4.96 Å². The second-order valence-electron chi connectivity index (χ2n) is 6.35. The Hall–Kier alpha value is -1.76. The van der Waals surface area contributed by atoms with Gasteiger partial charge in [-0.05, 0) is 39.3 Å². The summed E-state index contributed by atoms with van der Waals surface area (Å²) >= 11 is 8.10. The van der Waals surface area contributed by atoms with Gasteiger partial charge in [0.15, 0.2) is 16.5 Å². The zero-order valence-corrected chi connectivity index (χ0v) is 17.0. The number of benzene rings is 1. The maximum absolute atomic E-state index is 6.47. The molecule has 140 valence electrons. The van der Waals surface area contributed by atoms with E-state index in [2.05, 4.69) is 23.4 Å². The summed E-state index contributed by atoms with van der Waals surface area (Å²) in [7, 11) is 0. The van der Waals surface area contributed by atoms with Crippen molar-refractivity contribution >= 4 is 27.9 Å². The van der Waals surface area contributed by atoms with E-state index in [9.17, 15) is 0 Å². The van der Waals surface area contributed by atoms with Gasteiger partial charge in [-0.25, -0.2) is 4.98 Å². The van der Waals surface area contributed by atoms with E-state index in [1.165, 1.54) is 0 Å². The second-order valence-corrected chi connectivity index (χ2v) is 7.63. The van der Waals surface area contributed by atoms with Crippen LogP contribution in [0.3, 0.4) is 0 Å². The van der Waals surface area contributed by atoms with Crippen molar-refractivity contribution in [3.05, 3.63) is 46.2 Å². The largest absolute Gasteiger partial charge is 0.490 e. The molecule has 1 N–H and O–H groups in total. The Morgan fingerprint density at radius 2 is 2.08 bits per heavy atom. The third kappa shape index (κ3) is 4.31. The average molecular weight is 394 g/mol. The SMILES string of the molecule is CCOc1cc(CNC(C)c2cn3ccsc3n2)c(Cl)cc1OC(C)C. The standard InChI is InChI=1S/C19H24ClN3O2S/c1-5-24-17-8-14(15(20)9-18(17)25-12(2)3)10-21-13(4)16-11-23-6-7-26-19(23)22-16/h6-9,11-13,21H,5,10H2,1-4H3. The zero-order valence-electron chi connectivity index (χ0n) is 15.5. The van der Waals surface area contributed by atoms with Gasteiger partial charge in [0.1, 0.15) is 0 Å². The van der Waals surface area contributed by atoms with Gasteiger partial charge >= 0.3 is 0 Å². The molecule has 0 aliphatic rings. The predicted molar refractivity (Wildman–Crippen MR) is 107 cm³/mol. The molecular weight excluding hydrogens is 370 g/mol. The van der Waals surface area contributed by atoms with Gasteiger partial charge in [0, 0.05) is 41.4 Å². The molecule has 0 aliphatic heterocycles. The van der Waals surface area contributed by atoms with Crippen LogP contribution in [0.1, 0.15) is 45.0 Å². The highest BCUT2D eigenvalue weighted by Crippen LogP contribution is 2.34. The highest BCUT2D eigenvalue weighted by molar-refractivity contribution is 7.15. The van der Waals surface area contributed by atoms with Gasteiger partial charge in [-0.2, -0.15) is 0 Å². The van der Waals surface area contributed by atoms with Crippen molar-refractivity contribution in [3.63, 3.8) is 0 Å². The molecule has 0 saturated carbocycles. The first kappa shape index (κ1) is 19.0. The average Bonchev–Trinajstić information content (AvgIpc) is 3.17. The number of halogens is 1. The fourth-order valence-corrected chi connectivity index (χ4v) is 3.58. The number of imidazole rings is 1. The minimum Gasteiger partial charge on any atom is -0.490 e. The van der Waals surface area contributed by atoms with E-state index in [-0.39, 0.29) is 12.1 Å². The Bertz CT molecular complexity index is 846. The maximum atomic E-state index is 6.47. The fraction of sp³-hybridized carbons (Fsp3) is 0.421. The first-order valence-electron chi connectivity index (χ1n) is 8.75. The van der Waals surface area contributed by atoms with Crippen LogP contribution in [0, 0.1) is 0 Å². The number of aromatic nitrogens is 2. The molecule has 2 aromatic heterocycles. The number of nitrogens with zero attached hydrogens (tertiary/aromatic N) is 2. The Balaban J connectivity index is 1.73. The van der Waals surface area contributed by atoms with Crippen LogP contribution in [0.2, 0.25) is 5.02 Å². The maximum Gasteiger partial charge on any atom is 0.193 e. The lowest BCUT2D eigenvalue weighted by molar-refractivity contribution is 0.223. The van der Waals surface area contributed by atoms with Crippen LogP contribution in [0.5, 0.6) is 11.5 Å². The molecule has 0 bridgehead atoms. The van der Waals surface area contributed by atoms with E-state index >= 15 is 0 Å². The number of hydrogen-bond donors (Lipinski definition) is 1. The molecular formula is C19H24ClN3O2S. The van der Waals surface area contributed by atoms with Gasteiger partial charge in [-0.15, -0.1) is 11.3 Å². The molecule has 3 aromatic rings. The van der Waals surface area contributed by atoms with Crippen molar-refractivity contribution in [1.29, 1.82) is 0 Å². The lowest BCUT2D eigenvalue weighted by atomic mass is 10.1. The number of nitrogens with one attached hydrogen (secondary N) is 1. The lowest BCUT2D eigenvalue weighted by Gasteiger charge is -2.18. The summed E-state index contributed by atoms with van der Waals surface area (Å²) in [6.07, 6.45) is 4.13. The van der Waals surface area contributed by atoms with E-state index in [4.69, 9.17) is 21.1 Å². The molecule has 0 spiro atoms. The third-order valence-corrected chi connectivity index (χ3v) is 5.05. The first-order valence-corrected chi connectivity index (χ1v) is 10.0. The Morgan fingerprint density at radius 3 is 2.77 bits per heavy atom. The summed E-state index contributed by atoms with van der Waals surface area (Å²) in [6.45, 7) is 9.21. The van der Waals surface area contributed by atoms with Crippen molar-refractivity contribution in [2.24, 2.45) is 0 Å². The van der Waals surface area contributed by atoms with Gasteiger partial charge in [0.05, 0.1) is 18.4 Å². The molecule has 0 fully saturated rings. The number of ether oxygens (including phenoxy) is 2. The van der Waals surface area contributed by atoms with Gasteiger partial charge < -0.3 is 14.8 Å². The molecule has 3 rings (SSSR count). The van der Waals surface area contributed by atoms with Crippen LogP contribution in [-0.2, 0) is 6.54 Å².